The van der Waals surface area contributed by atoms with Crippen LogP contribution in [0.4, 0.5) is 0 Å². The van der Waals surface area contributed by atoms with Crippen molar-refractivity contribution in [2.45, 2.75) is 19.9 Å². The first-order valence-electron chi connectivity index (χ1n) is 3.97. The Morgan fingerprint density at radius 1 is 1.64 bits per heavy atom. The lowest BCUT2D eigenvalue weighted by Crippen LogP contribution is -2.12. The van der Waals surface area contributed by atoms with Gasteiger partial charge in [0.1, 0.15) is 0 Å². The standard InChI is InChI=1S/C8H15N3/c1-8-4-6-10-11(8)7-3-5-9-2/h4,6,9H,3,5,7H2,1-2H3. The van der Waals surface area contributed by atoms with Crippen LogP contribution in [-0.4, -0.2) is 23.4 Å². The Hall–Kier alpha value is -0.830. The molecule has 3 heteroatoms. The number of nitrogens with zero attached hydrogens (tertiary/aromatic N) is 2. The predicted molar refractivity (Wildman–Crippen MR) is 45.5 cm³/mol. The molecular formula is C8H15N3. The number of hydrogen-bond acceptors (Lipinski definition) is 2. The highest BCUT2D eigenvalue weighted by Crippen LogP contribution is 1.96. The van der Waals surface area contributed by atoms with Crippen LogP contribution in [0.3, 0.4) is 0 Å². The van der Waals surface area contributed by atoms with E-state index in [4.69, 9.17) is 0 Å². The van der Waals surface area contributed by atoms with Crippen molar-refractivity contribution in [3.63, 3.8) is 0 Å². The van der Waals surface area contributed by atoms with E-state index in [1.54, 1.807) is 0 Å². The molecule has 1 rings (SSSR count). The summed E-state index contributed by atoms with van der Waals surface area (Å²) >= 11 is 0. The summed E-state index contributed by atoms with van der Waals surface area (Å²) < 4.78 is 2.03. The second-order valence-corrected chi connectivity index (χ2v) is 2.65. The van der Waals surface area contributed by atoms with Crippen LogP contribution >= 0.6 is 0 Å². The number of aromatic nitrogens is 2. The van der Waals surface area contributed by atoms with E-state index in [-0.39, 0.29) is 0 Å². The normalized spacial score (nSPS) is 10.4. The molecule has 1 heterocycles. The topological polar surface area (TPSA) is 29.9 Å². The Labute approximate surface area is 67.4 Å². The number of rotatable bonds is 4. The summed E-state index contributed by atoms with van der Waals surface area (Å²) in [6.07, 6.45) is 2.98. The van der Waals surface area contributed by atoms with Gasteiger partial charge in [0.25, 0.3) is 0 Å². The van der Waals surface area contributed by atoms with Crippen LogP contribution < -0.4 is 5.32 Å². The van der Waals surface area contributed by atoms with E-state index in [1.165, 1.54) is 5.69 Å². The minimum Gasteiger partial charge on any atom is -0.320 e. The van der Waals surface area contributed by atoms with Crippen LogP contribution in [0, 0.1) is 6.92 Å². The first kappa shape index (κ1) is 8.27. The molecule has 0 saturated heterocycles. The zero-order valence-corrected chi connectivity index (χ0v) is 7.17. The summed E-state index contributed by atoms with van der Waals surface area (Å²) in [5.74, 6) is 0. The molecule has 0 aliphatic heterocycles. The van der Waals surface area contributed by atoms with E-state index >= 15 is 0 Å². The lowest BCUT2D eigenvalue weighted by Gasteiger charge is -2.02. The Bertz CT molecular complexity index is 205. The first-order chi connectivity index (χ1) is 5.34. The highest BCUT2D eigenvalue weighted by Gasteiger charge is 1.94. The summed E-state index contributed by atoms with van der Waals surface area (Å²) in [7, 11) is 1.97. The van der Waals surface area contributed by atoms with E-state index < -0.39 is 0 Å². The number of hydrogen-bond donors (Lipinski definition) is 1. The molecule has 0 saturated carbocycles. The number of aryl methyl sites for hydroxylation is 2. The SMILES string of the molecule is CNCCCn1nccc1C. The molecule has 1 aromatic rings. The van der Waals surface area contributed by atoms with Gasteiger partial charge >= 0.3 is 0 Å². The van der Waals surface area contributed by atoms with Crippen molar-refractivity contribution in [2.75, 3.05) is 13.6 Å². The molecule has 0 atom stereocenters. The third kappa shape index (κ3) is 2.35. The smallest absolute Gasteiger partial charge is 0.0492 e. The Kier molecular flexibility index (Phi) is 3.11. The van der Waals surface area contributed by atoms with E-state index in [1.807, 2.05) is 24.0 Å². The molecule has 3 nitrogen and oxygen atoms in total. The van der Waals surface area contributed by atoms with Gasteiger partial charge in [0.2, 0.25) is 0 Å². The predicted octanol–water partition coefficient (Wildman–Crippen LogP) is 0.801. The number of nitrogens with one attached hydrogen (secondary N) is 1. The minimum absolute atomic E-state index is 1.01. The molecule has 0 radical (unpaired) electrons. The molecule has 1 N–H and O–H groups in total. The van der Waals surface area contributed by atoms with Crippen LogP contribution in [0.1, 0.15) is 12.1 Å². The van der Waals surface area contributed by atoms with Crippen LogP contribution in [0.25, 0.3) is 0 Å². The highest BCUT2D eigenvalue weighted by atomic mass is 15.3. The van der Waals surface area contributed by atoms with Gasteiger partial charge in [-0.05, 0) is 33.0 Å². The van der Waals surface area contributed by atoms with E-state index in [0.29, 0.717) is 0 Å². The van der Waals surface area contributed by atoms with Gasteiger partial charge in [-0.15, -0.1) is 0 Å². The zero-order valence-electron chi connectivity index (χ0n) is 7.17. The molecule has 0 unspecified atom stereocenters. The summed E-state index contributed by atoms with van der Waals surface area (Å²) in [5, 5.41) is 7.28. The monoisotopic (exact) mass is 153 g/mol. The molecule has 0 aliphatic carbocycles. The highest BCUT2D eigenvalue weighted by molar-refractivity contribution is 4.96. The van der Waals surface area contributed by atoms with Crippen molar-refractivity contribution in [2.24, 2.45) is 0 Å². The quantitative estimate of drug-likeness (QED) is 0.648. The van der Waals surface area contributed by atoms with Crippen LogP contribution in [0.15, 0.2) is 12.3 Å². The molecule has 11 heavy (non-hydrogen) atoms. The maximum atomic E-state index is 4.18. The molecule has 1 aromatic heterocycles. The first-order valence-corrected chi connectivity index (χ1v) is 3.97. The molecule has 0 bridgehead atoms. The Morgan fingerprint density at radius 2 is 2.45 bits per heavy atom. The fourth-order valence-corrected chi connectivity index (χ4v) is 1.04. The largest absolute Gasteiger partial charge is 0.320 e. The molecule has 0 amide bonds. The summed E-state index contributed by atoms with van der Waals surface area (Å²) in [4.78, 5) is 0. The second kappa shape index (κ2) is 4.13. The third-order valence-corrected chi connectivity index (χ3v) is 1.73. The van der Waals surface area contributed by atoms with Crippen molar-refractivity contribution in [1.82, 2.24) is 15.1 Å². The molecule has 0 aromatic carbocycles. The maximum Gasteiger partial charge on any atom is 0.0492 e. The summed E-state index contributed by atoms with van der Waals surface area (Å²) in [6.45, 7) is 4.14. The van der Waals surface area contributed by atoms with Crippen molar-refractivity contribution < 1.29 is 0 Å². The average Bonchev–Trinajstić information content (AvgIpc) is 2.37. The molecule has 0 fully saturated rings. The van der Waals surface area contributed by atoms with Crippen molar-refractivity contribution >= 4 is 0 Å². The van der Waals surface area contributed by atoms with Gasteiger partial charge in [-0.25, -0.2) is 0 Å². The Morgan fingerprint density at radius 3 is 3.00 bits per heavy atom. The minimum atomic E-state index is 1.01. The van der Waals surface area contributed by atoms with Gasteiger partial charge in [0.05, 0.1) is 0 Å². The lowest BCUT2D eigenvalue weighted by atomic mass is 10.4. The fraction of sp³-hybridized carbons (Fsp3) is 0.625. The van der Waals surface area contributed by atoms with Crippen molar-refractivity contribution in [3.05, 3.63) is 18.0 Å². The molecule has 0 aliphatic rings. The molecular weight excluding hydrogens is 138 g/mol. The second-order valence-electron chi connectivity index (χ2n) is 2.65. The van der Waals surface area contributed by atoms with Crippen LogP contribution in [0.5, 0.6) is 0 Å². The van der Waals surface area contributed by atoms with E-state index in [9.17, 15) is 0 Å². The third-order valence-electron chi connectivity index (χ3n) is 1.73. The van der Waals surface area contributed by atoms with E-state index in [0.717, 1.165) is 19.5 Å². The van der Waals surface area contributed by atoms with Gasteiger partial charge in [-0.2, -0.15) is 5.10 Å². The average molecular weight is 153 g/mol. The molecule has 62 valence electrons. The molecule has 0 spiro atoms. The van der Waals surface area contributed by atoms with Crippen molar-refractivity contribution in [3.8, 4) is 0 Å². The van der Waals surface area contributed by atoms with Gasteiger partial charge < -0.3 is 5.32 Å². The van der Waals surface area contributed by atoms with Gasteiger partial charge in [0.15, 0.2) is 0 Å². The van der Waals surface area contributed by atoms with E-state index in [2.05, 4.69) is 17.3 Å². The van der Waals surface area contributed by atoms with Gasteiger partial charge in [0, 0.05) is 18.4 Å². The lowest BCUT2D eigenvalue weighted by molar-refractivity contribution is 0.551. The van der Waals surface area contributed by atoms with Crippen molar-refractivity contribution in [1.29, 1.82) is 0 Å². The summed E-state index contributed by atoms with van der Waals surface area (Å²) in [5.41, 5.74) is 1.24. The van der Waals surface area contributed by atoms with Crippen LogP contribution in [-0.2, 0) is 6.54 Å². The zero-order chi connectivity index (χ0) is 8.10. The van der Waals surface area contributed by atoms with Gasteiger partial charge in [-0.3, -0.25) is 4.68 Å². The fourth-order valence-electron chi connectivity index (χ4n) is 1.04. The Balaban J connectivity index is 2.32. The summed E-state index contributed by atoms with van der Waals surface area (Å²) in [6, 6.07) is 2.03. The van der Waals surface area contributed by atoms with Gasteiger partial charge in [-0.1, -0.05) is 0 Å². The maximum absolute atomic E-state index is 4.18. The van der Waals surface area contributed by atoms with Crippen LogP contribution in [0.2, 0.25) is 0 Å².